The number of hydrogen-bond donors (Lipinski definition) is 1. The van der Waals surface area contributed by atoms with Gasteiger partial charge in [-0.3, -0.25) is 4.79 Å². The molecule has 2 unspecified atom stereocenters. The summed E-state index contributed by atoms with van der Waals surface area (Å²) in [5.74, 6) is 0.380. The lowest BCUT2D eigenvalue weighted by molar-refractivity contribution is -0.123. The number of aromatic nitrogens is 1. The predicted octanol–water partition coefficient (Wildman–Crippen LogP) is 4.56. The normalized spacial score (nSPS) is 21.7. The van der Waals surface area contributed by atoms with Crippen molar-refractivity contribution in [2.24, 2.45) is 5.92 Å². The molecule has 1 aliphatic carbocycles. The van der Waals surface area contributed by atoms with E-state index in [2.05, 4.69) is 60.1 Å². The van der Waals surface area contributed by atoms with E-state index < -0.39 is 0 Å². The Morgan fingerprint density at radius 3 is 2.88 bits per heavy atom. The van der Waals surface area contributed by atoms with Crippen LogP contribution in [0.5, 0.6) is 0 Å². The van der Waals surface area contributed by atoms with Crippen LogP contribution in [-0.4, -0.2) is 16.9 Å². The molecule has 0 spiro atoms. The summed E-state index contributed by atoms with van der Waals surface area (Å²) in [4.78, 5) is 19.1. The van der Waals surface area contributed by atoms with Crippen molar-refractivity contribution in [3.63, 3.8) is 0 Å². The number of benzene rings is 2. The zero-order valence-corrected chi connectivity index (χ0v) is 15.4. The van der Waals surface area contributed by atoms with Gasteiger partial charge in [-0.1, -0.05) is 29.8 Å². The number of para-hydroxylation sites is 1. The van der Waals surface area contributed by atoms with Gasteiger partial charge in [0.05, 0.1) is 0 Å². The third-order valence-electron chi connectivity index (χ3n) is 6.14. The molecule has 26 heavy (non-hydrogen) atoms. The van der Waals surface area contributed by atoms with Crippen molar-refractivity contribution < 1.29 is 4.79 Å². The number of nitrogens with one attached hydrogen (secondary N) is 1. The Kier molecular flexibility index (Phi) is 3.46. The van der Waals surface area contributed by atoms with E-state index in [0.29, 0.717) is 5.91 Å². The molecule has 2 aromatic carbocycles. The highest BCUT2D eigenvalue weighted by Gasteiger charge is 2.36. The van der Waals surface area contributed by atoms with Gasteiger partial charge in [-0.15, -0.1) is 0 Å². The smallest absolute Gasteiger partial charge is 0.230 e. The lowest BCUT2D eigenvalue weighted by atomic mass is 9.85. The summed E-state index contributed by atoms with van der Waals surface area (Å²) < 4.78 is 0. The SMILES string of the molecule is Cc1ccc2[nH]c3c(c2c1)CC(C(=O)N1c2ccccc2CC1C)CC3. The number of aryl methyl sites for hydroxylation is 2. The van der Waals surface area contributed by atoms with Crippen LogP contribution in [0.15, 0.2) is 42.5 Å². The molecule has 0 bridgehead atoms. The number of nitrogens with zero attached hydrogens (tertiary/aromatic N) is 1. The van der Waals surface area contributed by atoms with Gasteiger partial charge in [-0.2, -0.15) is 0 Å². The number of H-pyrrole nitrogens is 1. The Morgan fingerprint density at radius 1 is 1.15 bits per heavy atom. The van der Waals surface area contributed by atoms with Crippen LogP contribution in [0.4, 0.5) is 5.69 Å². The first-order valence-electron chi connectivity index (χ1n) is 9.63. The van der Waals surface area contributed by atoms with Crippen LogP contribution >= 0.6 is 0 Å². The predicted molar refractivity (Wildman–Crippen MR) is 106 cm³/mol. The van der Waals surface area contributed by atoms with Gasteiger partial charge in [0.2, 0.25) is 5.91 Å². The third kappa shape index (κ3) is 2.30. The summed E-state index contributed by atoms with van der Waals surface area (Å²) in [6.07, 6.45) is 3.71. The molecule has 2 atom stereocenters. The lowest BCUT2D eigenvalue weighted by Gasteiger charge is -2.30. The van der Waals surface area contributed by atoms with Crippen molar-refractivity contribution in [2.45, 2.75) is 45.6 Å². The highest BCUT2D eigenvalue weighted by Crippen LogP contribution is 2.37. The second kappa shape index (κ2) is 5.73. The summed E-state index contributed by atoms with van der Waals surface area (Å²) in [5, 5.41) is 1.30. The molecule has 2 heterocycles. The third-order valence-corrected chi connectivity index (χ3v) is 6.14. The van der Waals surface area contributed by atoms with E-state index in [1.54, 1.807) is 0 Å². The van der Waals surface area contributed by atoms with Crippen LogP contribution in [0.2, 0.25) is 0 Å². The molecule has 3 nitrogen and oxygen atoms in total. The summed E-state index contributed by atoms with van der Waals surface area (Å²) in [7, 11) is 0. The second-order valence-electron chi connectivity index (χ2n) is 7.96. The van der Waals surface area contributed by atoms with E-state index in [9.17, 15) is 4.79 Å². The van der Waals surface area contributed by atoms with Crippen molar-refractivity contribution in [3.05, 3.63) is 64.8 Å². The minimum atomic E-state index is 0.0793. The number of amides is 1. The topological polar surface area (TPSA) is 36.1 Å². The standard InChI is InChI=1S/C23H24N2O/c1-14-7-9-20-18(11-14)19-13-17(8-10-21(19)24-20)23(26)25-15(2)12-16-5-3-4-6-22(16)25/h3-7,9,11,15,17,24H,8,10,12-13H2,1-2H3. The maximum Gasteiger partial charge on any atom is 0.230 e. The van der Waals surface area contributed by atoms with E-state index in [0.717, 1.165) is 31.4 Å². The zero-order chi connectivity index (χ0) is 17.8. The maximum atomic E-state index is 13.4. The number of anilines is 1. The monoisotopic (exact) mass is 344 g/mol. The van der Waals surface area contributed by atoms with E-state index in [4.69, 9.17) is 0 Å². The molecular formula is C23H24N2O. The molecule has 0 radical (unpaired) electrons. The average Bonchev–Trinajstić information content (AvgIpc) is 3.17. The van der Waals surface area contributed by atoms with Crippen molar-refractivity contribution in [1.82, 2.24) is 4.98 Å². The Morgan fingerprint density at radius 2 is 2.00 bits per heavy atom. The number of hydrogen-bond acceptors (Lipinski definition) is 1. The van der Waals surface area contributed by atoms with Crippen LogP contribution in [0, 0.1) is 12.8 Å². The largest absolute Gasteiger partial charge is 0.358 e. The number of aromatic amines is 1. The molecule has 1 N–H and O–H groups in total. The quantitative estimate of drug-likeness (QED) is 0.690. The summed E-state index contributed by atoms with van der Waals surface area (Å²) in [6, 6.07) is 15.2. The molecule has 1 aromatic heterocycles. The van der Waals surface area contributed by atoms with Crippen LogP contribution < -0.4 is 4.90 Å². The molecule has 1 amide bonds. The van der Waals surface area contributed by atoms with E-state index in [1.165, 1.54) is 33.3 Å². The summed E-state index contributed by atoms with van der Waals surface area (Å²) in [6.45, 7) is 4.30. The van der Waals surface area contributed by atoms with Crippen LogP contribution in [0.1, 0.15) is 35.7 Å². The Bertz CT molecular complexity index is 1020. The van der Waals surface area contributed by atoms with Gasteiger partial charge in [0.15, 0.2) is 0 Å². The average molecular weight is 344 g/mol. The fourth-order valence-corrected chi connectivity index (χ4v) is 4.84. The Balaban J connectivity index is 1.48. The molecule has 3 aromatic rings. The Hall–Kier alpha value is -2.55. The lowest BCUT2D eigenvalue weighted by Crippen LogP contribution is -2.41. The number of carbonyl (C=O) groups is 1. The first-order valence-corrected chi connectivity index (χ1v) is 9.63. The van der Waals surface area contributed by atoms with Crippen molar-refractivity contribution in [3.8, 4) is 0 Å². The molecule has 0 fully saturated rings. The first kappa shape index (κ1) is 15.7. The molecule has 0 saturated carbocycles. The van der Waals surface area contributed by atoms with Gasteiger partial charge in [0, 0.05) is 34.2 Å². The van der Waals surface area contributed by atoms with Gasteiger partial charge in [-0.25, -0.2) is 0 Å². The van der Waals surface area contributed by atoms with Gasteiger partial charge in [0.1, 0.15) is 0 Å². The van der Waals surface area contributed by atoms with Crippen LogP contribution in [-0.2, 0) is 24.1 Å². The molecule has 5 rings (SSSR count). The fraction of sp³-hybridized carbons (Fsp3) is 0.348. The maximum absolute atomic E-state index is 13.4. The molecule has 0 saturated heterocycles. The summed E-state index contributed by atoms with van der Waals surface area (Å²) >= 11 is 0. The molecular weight excluding hydrogens is 320 g/mol. The summed E-state index contributed by atoms with van der Waals surface area (Å²) in [5.41, 5.74) is 7.57. The van der Waals surface area contributed by atoms with Crippen LogP contribution in [0.25, 0.3) is 10.9 Å². The number of carbonyl (C=O) groups excluding carboxylic acids is 1. The van der Waals surface area contributed by atoms with Crippen molar-refractivity contribution in [1.29, 1.82) is 0 Å². The van der Waals surface area contributed by atoms with Gasteiger partial charge >= 0.3 is 0 Å². The first-order chi connectivity index (χ1) is 12.6. The second-order valence-corrected chi connectivity index (χ2v) is 7.96. The van der Waals surface area contributed by atoms with Gasteiger partial charge in [0.25, 0.3) is 0 Å². The van der Waals surface area contributed by atoms with E-state index in [1.807, 2.05) is 6.07 Å². The molecule has 3 heteroatoms. The van der Waals surface area contributed by atoms with Gasteiger partial charge in [-0.05, 0) is 68.9 Å². The van der Waals surface area contributed by atoms with E-state index >= 15 is 0 Å². The minimum absolute atomic E-state index is 0.0793. The van der Waals surface area contributed by atoms with Crippen molar-refractivity contribution >= 4 is 22.5 Å². The molecule has 132 valence electrons. The van der Waals surface area contributed by atoms with E-state index in [-0.39, 0.29) is 12.0 Å². The zero-order valence-electron chi connectivity index (χ0n) is 15.4. The molecule has 1 aliphatic heterocycles. The highest BCUT2D eigenvalue weighted by atomic mass is 16.2. The van der Waals surface area contributed by atoms with Crippen molar-refractivity contribution in [2.75, 3.05) is 4.90 Å². The number of rotatable bonds is 1. The van der Waals surface area contributed by atoms with Crippen LogP contribution in [0.3, 0.4) is 0 Å². The minimum Gasteiger partial charge on any atom is -0.358 e. The highest BCUT2D eigenvalue weighted by molar-refractivity contribution is 5.98. The molecule has 2 aliphatic rings. The fourth-order valence-electron chi connectivity index (χ4n) is 4.84. The Labute approximate surface area is 154 Å². The van der Waals surface area contributed by atoms with Gasteiger partial charge < -0.3 is 9.88 Å². The number of fused-ring (bicyclic) bond motifs is 4.